The largest absolute Gasteiger partial charge is 0.459 e. The predicted molar refractivity (Wildman–Crippen MR) is 161 cm³/mol. The molecule has 0 spiro atoms. The van der Waals surface area contributed by atoms with Gasteiger partial charge in [-0.05, 0) is 44.7 Å². The highest BCUT2D eigenvalue weighted by Crippen LogP contribution is 2.28. The number of carbonyl (C=O) groups is 3. The average molecular weight is 625 g/mol. The number of hydrogen-bond donors (Lipinski definition) is 2. The molecule has 0 saturated carbocycles. The number of carbonyl (C=O) groups excluding carboxylic acids is 3. The van der Waals surface area contributed by atoms with Crippen molar-refractivity contribution < 1.29 is 33.7 Å². The number of nitrogens with one attached hydrogen (secondary N) is 2. The lowest BCUT2D eigenvalue weighted by Gasteiger charge is -2.25. The van der Waals surface area contributed by atoms with Gasteiger partial charge in [0, 0.05) is 18.7 Å². The van der Waals surface area contributed by atoms with Crippen LogP contribution < -0.4 is 10.6 Å². The smallest absolute Gasteiger partial charge is 0.408 e. The molecule has 0 aliphatic carbocycles. The molecule has 2 atom stereocenters. The van der Waals surface area contributed by atoms with Crippen molar-refractivity contribution in [3.8, 4) is 5.69 Å². The minimum Gasteiger partial charge on any atom is -0.459 e. The van der Waals surface area contributed by atoms with Gasteiger partial charge >= 0.3 is 12.1 Å². The van der Waals surface area contributed by atoms with E-state index in [9.17, 15) is 34.6 Å². The molecule has 1 aromatic heterocycles. The van der Waals surface area contributed by atoms with Crippen molar-refractivity contribution in [2.75, 3.05) is 0 Å². The summed E-state index contributed by atoms with van der Waals surface area (Å²) in [6, 6.07) is 9.92. The number of ether oxygens (including phenoxy) is 2. The zero-order valence-corrected chi connectivity index (χ0v) is 25.6. The summed E-state index contributed by atoms with van der Waals surface area (Å²) < 4.78 is 12.1. The third-order valence-electron chi connectivity index (χ3n) is 6.23. The van der Waals surface area contributed by atoms with Gasteiger partial charge in [0.05, 0.1) is 27.9 Å². The van der Waals surface area contributed by atoms with E-state index in [1.54, 1.807) is 32.9 Å². The molecule has 0 radical (unpaired) electrons. The summed E-state index contributed by atoms with van der Waals surface area (Å²) in [5, 5.41) is 28.0. The lowest BCUT2D eigenvalue weighted by molar-refractivity contribution is -0.394. The minimum absolute atomic E-state index is 0.00334. The molecule has 15 nitrogen and oxygen atoms in total. The number of hydrogen-bond acceptors (Lipinski definition) is 10. The van der Waals surface area contributed by atoms with Gasteiger partial charge < -0.3 is 20.1 Å². The maximum atomic E-state index is 13.6. The molecule has 1 heterocycles. The lowest BCUT2D eigenvalue weighted by atomic mass is 10.0. The Morgan fingerprint density at radius 1 is 0.978 bits per heavy atom. The normalized spacial score (nSPS) is 12.6. The molecule has 2 N–H and O–H groups in total. The van der Waals surface area contributed by atoms with Crippen LogP contribution in [0.1, 0.15) is 52.3 Å². The minimum atomic E-state index is -1.27. The third-order valence-corrected chi connectivity index (χ3v) is 6.23. The monoisotopic (exact) mass is 624 g/mol. The van der Waals surface area contributed by atoms with Crippen LogP contribution in [0, 0.1) is 26.1 Å². The maximum absolute atomic E-state index is 13.6. The topological polar surface area (TPSA) is 198 Å². The number of nitro benzene ring substituents is 2. The average Bonchev–Trinajstić information content (AvgIpc) is 3.42. The molecular formula is C30H36N6O9. The number of nitrogens with zero attached hydrogens (tertiary/aromatic N) is 4. The molecule has 3 rings (SSSR count). The summed E-state index contributed by atoms with van der Waals surface area (Å²) in [5.74, 6) is -1.35. The van der Waals surface area contributed by atoms with E-state index in [-0.39, 0.29) is 36.7 Å². The molecule has 0 saturated heterocycles. The fraction of sp³-hybridized carbons (Fsp3) is 0.400. The zero-order chi connectivity index (χ0) is 33.3. The van der Waals surface area contributed by atoms with E-state index < -0.39 is 56.9 Å². The first-order valence-electron chi connectivity index (χ1n) is 14.1. The standard InChI is InChI=1S/C30H36N6O9/c1-19(2)13-24(28(38)44-17-20-9-7-6-8-10-20)32-27(37)23(33-29(39)45-30(3,4)5)14-21-16-34(18-31-21)25-12-11-22(35(40)41)15-26(25)36(42)43/h6-12,15-16,18-19,23-24H,13-14,17H2,1-5H3,(H,32,37)(H,33,39)/t23-,24+/m0/s1. The molecule has 240 valence electrons. The number of non-ortho nitro benzene ring substituents is 1. The molecule has 0 aliphatic rings. The first-order valence-corrected chi connectivity index (χ1v) is 14.1. The van der Waals surface area contributed by atoms with Gasteiger partial charge in [0.25, 0.3) is 11.4 Å². The van der Waals surface area contributed by atoms with E-state index in [1.807, 2.05) is 32.0 Å². The number of rotatable bonds is 13. The van der Waals surface area contributed by atoms with Crippen molar-refractivity contribution >= 4 is 29.3 Å². The molecule has 0 aliphatic heterocycles. The van der Waals surface area contributed by atoms with Gasteiger partial charge in [-0.1, -0.05) is 44.2 Å². The van der Waals surface area contributed by atoms with Crippen LogP contribution in [0.4, 0.5) is 16.2 Å². The van der Waals surface area contributed by atoms with E-state index in [0.717, 1.165) is 17.7 Å². The first-order chi connectivity index (χ1) is 21.1. The van der Waals surface area contributed by atoms with Crippen LogP contribution in [0.25, 0.3) is 5.69 Å². The fourth-order valence-corrected chi connectivity index (χ4v) is 4.25. The Labute approximate surface area is 259 Å². The fourth-order valence-electron chi connectivity index (χ4n) is 4.25. The molecule has 3 aromatic rings. The second-order valence-corrected chi connectivity index (χ2v) is 11.6. The summed E-state index contributed by atoms with van der Waals surface area (Å²) in [6.07, 6.45) is 1.82. The Hall–Kier alpha value is -5.34. The van der Waals surface area contributed by atoms with Crippen LogP contribution in [-0.4, -0.2) is 55.1 Å². The van der Waals surface area contributed by atoms with Gasteiger partial charge in [-0.25, -0.2) is 14.6 Å². The van der Waals surface area contributed by atoms with E-state index in [4.69, 9.17) is 9.47 Å². The highest BCUT2D eigenvalue weighted by atomic mass is 16.6. The highest BCUT2D eigenvalue weighted by molar-refractivity contribution is 5.90. The molecule has 0 bridgehead atoms. The van der Waals surface area contributed by atoms with Crippen molar-refractivity contribution in [1.82, 2.24) is 20.2 Å². The molecular weight excluding hydrogens is 588 g/mol. The van der Waals surface area contributed by atoms with Crippen LogP contribution in [-0.2, 0) is 32.1 Å². The summed E-state index contributed by atoms with van der Waals surface area (Å²) in [6.45, 7) is 8.73. The van der Waals surface area contributed by atoms with Crippen LogP contribution >= 0.6 is 0 Å². The van der Waals surface area contributed by atoms with E-state index in [2.05, 4.69) is 15.6 Å². The Morgan fingerprint density at radius 3 is 2.27 bits per heavy atom. The summed E-state index contributed by atoms with van der Waals surface area (Å²) >= 11 is 0. The van der Waals surface area contributed by atoms with Crippen molar-refractivity contribution in [3.63, 3.8) is 0 Å². The molecule has 0 unspecified atom stereocenters. The van der Waals surface area contributed by atoms with Gasteiger partial charge in [-0.3, -0.25) is 29.6 Å². The number of amides is 2. The molecule has 0 fully saturated rings. The third kappa shape index (κ3) is 10.4. The van der Waals surface area contributed by atoms with Gasteiger partial charge in [0.2, 0.25) is 5.91 Å². The second kappa shape index (κ2) is 14.9. The molecule has 45 heavy (non-hydrogen) atoms. The molecule has 2 aromatic carbocycles. The van der Waals surface area contributed by atoms with Gasteiger partial charge in [-0.15, -0.1) is 0 Å². The number of benzene rings is 2. The number of aromatic nitrogens is 2. The van der Waals surface area contributed by atoms with Crippen molar-refractivity contribution in [1.29, 1.82) is 0 Å². The predicted octanol–water partition coefficient (Wildman–Crippen LogP) is 4.40. The van der Waals surface area contributed by atoms with Crippen LogP contribution in [0.2, 0.25) is 0 Å². The van der Waals surface area contributed by atoms with Gasteiger partial charge in [-0.2, -0.15) is 0 Å². The van der Waals surface area contributed by atoms with Crippen molar-refractivity contribution in [2.45, 2.75) is 71.8 Å². The summed E-state index contributed by atoms with van der Waals surface area (Å²) in [7, 11) is 0. The summed E-state index contributed by atoms with van der Waals surface area (Å²) in [5.41, 5.74) is -0.839. The number of alkyl carbamates (subject to hydrolysis) is 1. The second-order valence-electron chi connectivity index (χ2n) is 11.6. The SMILES string of the molecule is CC(C)C[C@@H](NC(=O)[C@H](Cc1cn(-c2ccc([N+](=O)[O-])cc2[N+](=O)[O-])cn1)NC(=O)OC(C)(C)C)C(=O)OCc1ccccc1. The number of esters is 1. The zero-order valence-electron chi connectivity index (χ0n) is 25.6. The quantitative estimate of drug-likeness (QED) is 0.156. The van der Waals surface area contributed by atoms with Crippen LogP contribution in [0.15, 0.2) is 61.1 Å². The van der Waals surface area contributed by atoms with Crippen LogP contribution in [0.3, 0.4) is 0 Å². The van der Waals surface area contributed by atoms with Crippen molar-refractivity contribution in [2.24, 2.45) is 5.92 Å². The Morgan fingerprint density at radius 2 is 1.67 bits per heavy atom. The van der Waals surface area contributed by atoms with Crippen LogP contribution in [0.5, 0.6) is 0 Å². The Kier molecular flexibility index (Phi) is 11.3. The Balaban J connectivity index is 1.85. The first kappa shape index (κ1) is 34.2. The summed E-state index contributed by atoms with van der Waals surface area (Å²) in [4.78, 5) is 64.8. The van der Waals surface area contributed by atoms with E-state index in [0.29, 0.717) is 0 Å². The number of imidazole rings is 1. The lowest BCUT2D eigenvalue weighted by Crippen LogP contribution is -2.53. The van der Waals surface area contributed by atoms with Crippen molar-refractivity contribution in [3.05, 3.63) is 92.5 Å². The number of nitro groups is 2. The van der Waals surface area contributed by atoms with Gasteiger partial charge in [0.15, 0.2) is 0 Å². The van der Waals surface area contributed by atoms with E-state index in [1.165, 1.54) is 23.2 Å². The molecule has 2 amide bonds. The highest BCUT2D eigenvalue weighted by Gasteiger charge is 2.31. The van der Waals surface area contributed by atoms with Gasteiger partial charge in [0.1, 0.15) is 30.0 Å². The molecule has 15 heteroatoms. The Bertz CT molecular complexity index is 1530. The van der Waals surface area contributed by atoms with E-state index >= 15 is 0 Å². The maximum Gasteiger partial charge on any atom is 0.408 e.